The monoisotopic (exact) mass is 1180 g/mol. The number of unbranched alkanes of at least 4 members (excludes halogenated alkanes) is 12. The standard InChI is InChI=1S/C86H90N4/c1-7-11-15-27-51-85(52-28-16-12-8-2)69-37-25-23-33-63(69)65-41-39-59(55-71(65)85)81-75-45-43-73(87-75)58(6)74-44-46-76(88-74)82(60-40-42-66-64-34-24-26-38-70(64)86(72(66)56-60,53-29-17-13-9-3)54-30-18-14-10-4)78-48-50-80(90-78)84(79-49-47-77(81)89-79)83-67-35-21-19-31-61(67)57(5)62-32-20-22-36-68(62)83/h19-26,31-50,55-56,87,90H,7-18,27-30,51-54H2,1-6H3. The summed E-state index contributed by atoms with van der Waals surface area (Å²) in [7, 11) is 0. The van der Waals surface area contributed by atoms with E-state index in [2.05, 4.69) is 234 Å². The number of hydrogen-bond donors (Lipinski definition) is 2. The third-order valence-corrected chi connectivity index (χ3v) is 21.4. The molecule has 2 aliphatic carbocycles. The Morgan fingerprint density at radius 1 is 0.300 bits per heavy atom. The van der Waals surface area contributed by atoms with Crippen LogP contribution in [0.1, 0.15) is 212 Å². The van der Waals surface area contributed by atoms with Crippen LogP contribution in [0.5, 0.6) is 0 Å². The molecule has 2 aliphatic heterocycles. The van der Waals surface area contributed by atoms with E-state index in [9.17, 15) is 0 Å². The van der Waals surface area contributed by atoms with Crippen molar-refractivity contribution in [1.29, 1.82) is 0 Å². The van der Waals surface area contributed by atoms with E-state index in [0.29, 0.717) is 0 Å². The number of nitrogens with zero attached hydrogens (tertiary/aromatic N) is 2. The first kappa shape index (κ1) is 59.3. The molecule has 10 aromatic rings. The van der Waals surface area contributed by atoms with E-state index in [4.69, 9.17) is 9.97 Å². The average molecular weight is 1180 g/mol. The van der Waals surface area contributed by atoms with Crippen molar-refractivity contribution in [2.24, 2.45) is 0 Å². The number of fused-ring (bicyclic) bond motifs is 16. The second kappa shape index (κ2) is 25.5. The summed E-state index contributed by atoms with van der Waals surface area (Å²) in [6.45, 7) is 13.9. The summed E-state index contributed by atoms with van der Waals surface area (Å²) < 4.78 is 0. The molecule has 0 atom stereocenters. The van der Waals surface area contributed by atoms with Gasteiger partial charge in [0.2, 0.25) is 0 Å². The Balaban J connectivity index is 1.04. The molecule has 0 saturated carbocycles. The van der Waals surface area contributed by atoms with Crippen LogP contribution in [0.25, 0.3) is 124 Å². The third kappa shape index (κ3) is 10.4. The van der Waals surface area contributed by atoms with Crippen molar-refractivity contribution in [1.82, 2.24) is 19.9 Å². The Labute approximate surface area is 535 Å². The zero-order chi connectivity index (χ0) is 61.3. The molecular weight excluding hydrogens is 1090 g/mol. The predicted octanol–water partition coefficient (Wildman–Crippen LogP) is 25.0. The van der Waals surface area contributed by atoms with Gasteiger partial charge in [-0.15, -0.1) is 0 Å². The minimum Gasteiger partial charge on any atom is -0.355 e. The van der Waals surface area contributed by atoms with Crippen molar-refractivity contribution in [3.05, 3.63) is 214 Å². The zero-order valence-corrected chi connectivity index (χ0v) is 54.4. The largest absolute Gasteiger partial charge is 0.355 e. The molecule has 14 rings (SSSR count). The maximum Gasteiger partial charge on any atom is 0.0737 e. The van der Waals surface area contributed by atoms with Crippen LogP contribution in [0.3, 0.4) is 0 Å². The average Bonchev–Trinajstić information content (AvgIpc) is 1.54. The van der Waals surface area contributed by atoms with Crippen LogP contribution in [0.15, 0.2) is 158 Å². The molecule has 0 saturated heterocycles. The second-order valence-corrected chi connectivity index (χ2v) is 26.9. The van der Waals surface area contributed by atoms with Gasteiger partial charge in [-0.05, 0) is 189 Å². The highest BCUT2D eigenvalue weighted by molar-refractivity contribution is 6.18. The molecule has 5 heterocycles. The molecule has 8 bridgehead atoms. The first-order valence-electron chi connectivity index (χ1n) is 34.8. The van der Waals surface area contributed by atoms with E-state index in [1.54, 1.807) is 0 Å². The number of rotatable bonds is 23. The predicted molar refractivity (Wildman–Crippen MR) is 387 cm³/mol. The van der Waals surface area contributed by atoms with E-state index in [1.807, 2.05) is 0 Å². The second-order valence-electron chi connectivity index (χ2n) is 26.9. The van der Waals surface area contributed by atoms with Crippen molar-refractivity contribution in [3.63, 3.8) is 0 Å². The van der Waals surface area contributed by atoms with Crippen LogP contribution in [0, 0.1) is 13.8 Å². The molecule has 0 amide bonds. The third-order valence-electron chi connectivity index (χ3n) is 21.4. The fraction of sp³-hybridized carbons (Fsp3) is 0.326. The summed E-state index contributed by atoms with van der Waals surface area (Å²) in [5, 5.41) is 4.94. The summed E-state index contributed by atoms with van der Waals surface area (Å²) in [6, 6.07) is 61.0. The van der Waals surface area contributed by atoms with Gasteiger partial charge in [-0.2, -0.15) is 0 Å². The first-order valence-corrected chi connectivity index (χ1v) is 34.8. The highest BCUT2D eigenvalue weighted by Crippen LogP contribution is 2.57. The minimum absolute atomic E-state index is 0.0641. The van der Waals surface area contributed by atoms with Crippen LogP contribution < -0.4 is 0 Å². The highest BCUT2D eigenvalue weighted by Gasteiger charge is 2.44. The van der Waals surface area contributed by atoms with Gasteiger partial charge in [-0.1, -0.05) is 252 Å². The Kier molecular flexibility index (Phi) is 16.8. The molecule has 4 heteroatoms. The van der Waals surface area contributed by atoms with E-state index in [1.165, 1.54) is 191 Å². The van der Waals surface area contributed by atoms with E-state index < -0.39 is 0 Å². The van der Waals surface area contributed by atoms with Gasteiger partial charge < -0.3 is 9.97 Å². The number of nitrogens with one attached hydrogen (secondary N) is 2. The molecule has 2 N–H and O–H groups in total. The SMILES string of the molecule is CCCCCCC1(CCCCCC)c2ccccc2-c2ccc(-c3c4nc(c(-c5c6ccccc6c(C)c6ccccc56)c5ccc([nH]5)c(-c5ccc6c(c5)C(CCCCCC)(CCCCCC)c5ccccc5-6)c5nc(c(C)c6ccc3[nH]6)C=C5)C=C4)cc21. The van der Waals surface area contributed by atoms with Crippen LogP contribution in [0.2, 0.25) is 0 Å². The van der Waals surface area contributed by atoms with E-state index >= 15 is 0 Å². The summed E-state index contributed by atoms with van der Waals surface area (Å²) in [5.41, 5.74) is 28.7. The fourth-order valence-corrected chi connectivity index (χ4v) is 16.8. The molecule has 3 aromatic heterocycles. The lowest BCUT2D eigenvalue weighted by molar-refractivity contribution is 0.401. The molecule has 0 radical (unpaired) electrons. The molecule has 4 nitrogen and oxygen atoms in total. The van der Waals surface area contributed by atoms with Crippen molar-refractivity contribution < 1.29 is 0 Å². The Bertz CT molecular complexity index is 4390. The summed E-state index contributed by atoms with van der Waals surface area (Å²) in [5.74, 6) is 0. The molecule has 0 fully saturated rings. The van der Waals surface area contributed by atoms with Crippen LogP contribution in [-0.2, 0) is 10.8 Å². The van der Waals surface area contributed by atoms with Gasteiger partial charge in [0.05, 0.1) is 22.8 Å². The molecule has 4 aliphatic rings. The molecule has 0 unspecified atom stereocenters. The lowest BCUT2D eigenvalue weighted by atomic mass is 9.70. The Hall–Kier alpha value is -8.34. The molecule has 7 aromatic carbocycles. The smallest absolute Gasteiger partial charge is 0.0737 e. The van der Waals surface area contributed by atoms with Gasteiger partial charge in [0.25, 0.3) is 0 Å². The maximum atomic E-state index is 5.98. The first-order chi connectivity index (χ1) is 44.3. The van der Waals surface area contributed by atoms with Crippen molar-refractivity contribution in [2.75, 3.05) is 0 Å². The van der Waals surface area contributed by atoms with Gasteiger partial charge >= 0.3 is 0 Å². The zero-order valence-electron chi connectivity index (χ0n) is 54.4. The van der Waals surface area contributed by atoms with Crippen LogP contribution in [-0.4, -0.2) is 19.9 Å². The fourth-order valence-electron chi connectivity index (χ4n) is 16.8. The summed E-state index contributed by atoms with van der Waals surface area (Å²) in [4.78, 5) is 20.0. The van der Waals surface area contributed by atoms with Gasteiger partial charge in [-0.3, -0.25) is 0 Å². The van der Waals surface area contributed by atoms with E-state index in [-0.39, 0.29) is 10.8 Å². The molecule has 90 heavy (non-hydrogen) atoms. The van der Waals surface area contributed by atoms with Crippen LogP contribution in [0.4, 0.5) is 0 Å². The number of H-pyrrole nitrogens is 2. The lowest BCUT2D eigenvalue weighted by Crippen LogP contribution is -2.25. The minimum atomic E-state index is -0.0641. The quantitative estimate of drug-likeness (QED) is 0.0495. The maximum absolute atomic E-state index is 5.98. The number of aromatic nitrogens is 4. The van der Waals surface area contributed by atoms with Crippen LogP contribution >= 0.6 is 0 Å². The number of benzene rings is 7. The van der Waals surface area contributed by atoms with Gasteiger partial charge in [0.1, 0.15) is 0 Å². The van der Waals surface area contributed by atoms with Crippen molar-refractivity contribution >= 4 is 67.9 Å². The number of aryl methyl sites for hydroxylation is 2. The molecule has 0 spiro atoms. The van der Waals surface area contributed by atoms with Crippen molar-refractivity contribution in [3.8, 4) is 55.6 Å². The summed E-state index contributed by atoms with van der Waals surface area (Å²) >= 11 is 0. The van der Waals surface area contributed by atoms with Crippen molar-refractivity contribution in [2.45, 2.75) is 181 Å². The Morgan fingerprint density at radius 2 is 0.656 bits per heavy atom. The van der Waals surface area contributed by atoms with Gasteiger partial charge in [-0.25, -0.2) is 9.97 Å². The lowest BCUT2D eigenvalue weighted by Gasteiger charge is -2.33. The Morgan fingerprint density at radius 3 is 1.11 bits per heavy atom. The van der Waals surface area contributed by atoms with Gasteiger partial charge in [0.15, 0.2) is 0 Å². The molecule has 454 valence electrons. The highest BCUT2D eigenvalue weighted by atomic mass is 14.8. The molecular formula is C86H90N4. The number of aromatic amines is 2. The van der Waals surface area contributed by atoms with E-state index in [0.717, 1.165) is 92.8 Å². The number of hydrogen-bond acceptors (Lipinski definition) is 2. The normalized spacial score (nSPS) is 14.0. The topological polar surface area (TPSA) is 57.4 Å². The van der Waals surface area contributed by atoms with Gasteiger partial charge in [0, 0.05) is 55.2 Å². The summed E-state index contributed by atoms with van der Waals surface area (Å²) in [6.07, 6.45) is 33.7.